The van der Waals surface area contributed by atoms with E-state index >= 15 is 0 Å². The third-order valence-electron chi connectivity index (χ3n) is 3.29. The van der Waals surface area contributed by atoms with Crippen LogP contribution in [-0.4, -0.2) is 17.6 Å². The quantitative estimate of drug-likeness (QED) is 0.837. The van der Waals surface area contributed by atoms with E-state index in [0.29, 0.717) is 12.0 Å². The molecule has 0 aliphatic carbocycles. The van der Waals surface area contributed by atoms with Crippen molar-refractivity contribution in [3.63, 3.8) is 0 Å². The molecule has 0 unspecified atom stereocenters. The van der Waals surface area contributed by atoms with Crippen LogP contribution in [0.5, 0.6) is 0 Å². The molecule has 102 valence electrons. The van der Waals surface area contributed by atoms with Gasteiger partial charge < -0.3 is 10.6 Å². The molecule has 0 bridgehead atoms. The SMILES string of the molecule is CCC(CC)N(CC(C)C)c1ncc(N)cc1C. The first-order valence-corrected chi connectivity index (χ1v) is 6.98. The van der Waals surface area contributed by atoms with Crippen LogP contribution in [0.15, 0.2) is 12.3 Å². The molecule has 0 saturated carbocycles. The number of pyridine rings is 1. The molecular weight excluding hydrogens is 222 g/mol. The fourth-order valence-corrected chi connectivity index (χ4v) is 2.42. The minimum atomic E-state index is 0.558. The van der Waals surface area contributed by atoms with Crippen molar-refractivity contribution < 1.29 is 0 Å². The zero-order valence-electron chi connectivity index (χ0n) is 12.4. The highest BCUT2D eigenvalue weighted by Crippen LogP contribution is 2.24. The van der Waals surface area contributed by atoms with Crippen molar-refractivity contribution in [2.45, 2.75) is 53.5 Å². The topological polar surface area (TPSA) is 42.2 Å². The molecule has 0 radical (unpaired) electrons. The lowest BCUT2D eigenvalue weighted by atomic mass is 10.1. The average Bonchev–Trinajstić information content (AvgIpc) is 2.29. The maximum Gasteiger partial charge on any atom is 0.131 e. The Kier molecular flexibility index (Phi) is 5.45. The minimum Gasteiger partial charge on any atom is -0.397 e. The molecule has 1 aromatic rings. The van der Waals surface area contributed by atoms with E-state index in [9.17, 15) is 0 Å². The predicted molar refractivity (Wildman–Crippen MR) is 79.9 cm³/mol. The fraction of sp³-hybridized carbons (Fsp3) is 0.667. The van der Waals surface area contributed by atoms with E-state index in [1.54, 1.807) is 6.20 Å². The van der Waals surface area contributed by atoms with Gasteiger partial charge in [-0.15, -0.1) is 0 Å². The second-order valence-electron chi connectivity index (χ2n) is 5.43. The van der Waals surface area contributed by atoms with Gasteiger partial charge in [-0.25, -0.2) is 4.98 Å². The van der Waals surface area contributed by atoms with Crippen LogP contribution in [0, 0.1) is 12.8 Å². The third kappa shape index (κ3) is 3.62. The summed E-state index contributed by atoms with van der Waals surface area (Å²) < 4.78 is 0. The monoisotopic (exact) mass is 249 g/mol. The molecule has 3 nitrogen and oxygen atoms in total. The van der Waals surface area contributed by atoms with Gasteiger partial charge in [0.25, 0.3) is 0 Å². The van der Waals surface area contributed by atoms with Gasteiger partial charge >= 0.3 is 0 Å². The van der Waals surface area contributed by atoms with Crippen LogP contribution in [0.25, 0.3) is 0 Å². The zero-order valence-corrected chi connectivity index (χ0v) is 12.4. The molecule has 0 aliphatic rings. The van der Waals surface area contributed by atoms with E-state index in [1.165, 1.54) is 5.56 Å². The van der Waals surface area contributed by atoms with Crippen LogP contribution in [-0.2, 0) is 0 Å². The number of rotatable bonds is 6. The van der Waals surface area contributed by atoms with Crippen molar-refractivity contribution in [2.75, 3.05) is 17.2 Å². The Morgan fingerprint density at radius 2 is 1.89 bits per heavy atom. The number of aromatic nitrogens is 1. The van der Waals surface area contributed by atoms with Gasteiger partial charge in [0.05, 0.1) is 11.9 Å². The van der Waals surface area contributed by atoms with Crippen LogP contribution >= 0.6 is 0 Å². The van der Waals surface area contributed by atoms with Crippen LogP contribution in [0.3, 0.4) is 0 Å². The summed E-state index contributed by atoms with van der Waals surface area (Å²) in [5.41, 5.74) is 7.70. The summed E-state index contributed by atoms with van der Waals surface area (Å²) in [4.78, 5) is 6.99. The molecular formula is C15H27N3. The van der Waals surface area contributed by atoms with Crippen LogP contribution in [0.4, 0.5) is 11.5 Å². The first kappa shape index (κ1) is 14.8. The maximum absolute atomic E-state index is 5.79. The van der Waals surface area contributed by atoms with Crippen molar-refractivity contribution in [1.82, 2.24) is 4.98 Å². The van der Waals surface area contributed by atoms with Crippen LogP contribution in [0.2, 0.25) is 0 Å². The van der Waals surface area contributed by atoms with Crippen molar-refractivity contribution in [1.29, 1.82) is 0 Å². The number of nitrogen functional groups attached to an aromatic ring is 1. The average molecular weight is 249 g/mol. The van der Waals surface area contributed by atoms with Crippen LogP contribution in [0.1, 0.15) is 46.1 Å². The summed E-state index contributed by atoms with van der Waals surface area (Å²) in [5.74, 6) is 1.72. The van der Waals surface area contributed by atoms with Gasteiger partial charge in [-0.05, 0) is 37.3 Å². The second kappa shape index (κ2) is 6.62. The Morgan fingerprint density at radius 1 is 1.28 bits per heavy atom. The number of hydrogen-bond acceptors (Lipinski definition) is 3. The molecule has 2 N–H and O–H groups in total. The zero-order chi connectivity index (χ0) is 13.7. The number of nitrogens with two attached hydrogens (primary N) is 1. The minimum absolute atomic E-state index is 0.558. The van der Waals surface area contributed by atoms with Crippen molar-refractivity contribution in [3.05, 3.63) is 17.8 Å². The lowest BCUT2D eigenvalue weighted by Crippen LogP contribution is -2.38. The van der Waals surface area contributed by atoms with Crippen molar-refractivity contribution >= 4 is 11.5 Å². The van der Waals surface area contributed by atoms with Gasteiger partial charge in [0, 0.05) is 12.6 Å². The molecule has 1 aromatic heterocycles. The standard InChI is InChI=1S/C15H27N3/c1-6-14(7-2)18(10-11(3)4)15-12(5)8-13(16)9-17-15/h8-9,11,14H,6-7,10,16H2,1-5H3. The van der Waals surface area contributed by atoms with E-state index in [0.717, 1.165) is 30.9 Å². The van der Waals surface area contributed by atoms with E-state index in [2.05, 4.69) is 44.5 Å². The number of aryl methyl sites for hydroxylation is 1. The summed E-state index contributed by atoms with van der Waals surface area (Å²) in [6.07, 6.45) is 4.06. The first-order chi connectivity index (χ1) is 8.49. The van der Waals surface area contributed by atoms with Gasteiger partial charge in [-0.3, -0.25) is 0 Å². The van der Waals surface area contributed by atoms with Crippen LogP contribution < -0.4 is 10.6 Å². The summed E-state index contributed by atoms with van der Waals surface area (Å²) in [6.45, 7) is 12.1. The Bertz CT molecular complexity index is 370. The summed E-state index contributed by atoms with van der Waals surface area (Å²) in [7, 11) is 0. The van der Waals surface area contributed by atoms with Gasteiger partial charge in [-0.2, -0.15) is 0 Å². The first-order valence-electron chi connectivity index (χ1n) is 6.98. The largest absolute Gasteiger partial charge is 0.397 e. The number of nitrogens with zero attached hydrogens (tertiary/aromatic N) is 2. The van der Waals surface area contributed by atoms with E-state index < -0.39 is 0 Å². The van der Waals surface area contributed by atoms with Gasteiger partial charge in [0.15, 0.2) is 0 Å². The number of anilines is 2. The highest BCUT2D eigenvalue weighted by Gasteiger charge is 2.19. The normalized spacial score (nSPS) is 11.3. The second-order valence-corrected chi connectivity index (χ2v) is 5.43. The lowest BCUT2D eigenvalue weighted by Gasteiger charge is -2.34. The fourth-order valence-electron chi connectivity index (χ4n) is 2.42. The molecule has 0 atom stereocenters. The van der Waals surface area contributed by atoms with Gasteiger partial charge in [0.1, 0.15) is 5.82 Å². The maximum atomic E-state index is 5.79. The van der Waals surface area contributed by atoms with E-state index in [-0.39, 0.29) is 0 Å². The predicted octanol–water partition coefficient (Wildman–Crippen LogP) is 3.62. The van der Waals surface area contributed by atoms with Gasteiger partial charge in [-0.1, -0.05) is 27.7 Å². The molecule has 0 aromatic carbocycles. The van der Waals surface area contributed by atoms with Crippen molar-refractivity contribution in [3.8, 4) is 0 Å². The summed E-state index contributed by atoms with van der Waals surface area (Å²) in [6, 6.07) is 2.57. The Labute approximate surface area is 111 Å². The summed E-state index contributed by atoms with van der Waals surface area (Å²) in [5, 5.41) is 0. The van der Waals surface area contributed by atoms with Gasteiger partial charge in [0.2, 0.25) is 0 Å². The Morgan fingerprint density at radius 3 is 2.33 bits per heavy atom. The van der Waals surface area contributed by atoms with Crippen molar-refractivity contribution in [2.24, 2.45) is 5.92 Å². The molecule has 0 aliphatic heterocycles. The third-order valence-corrected chi connectivity index (χ3v) is 3.29. The molecule has 0 fully saturated rings. The molecule has 1 rings (SSSR count). The molecule has 3 heteroatoms. The van der Waals surface area contributed by atoms with E-state index in [4.69, 9.17) is 5.73 Å². The molecule has 0 saturated heterocycles. The Hall–Kier alpha value is -1.25. The molecule has 1 heterocycles. The smallest absolute Gasteiger partial charge is 0.131 e. The van der Waals surface area contributed by atoms with E-state index in [1.807, 2.05) is 6.07 Å². The molecule has 0 spiro atoms. The number of hydrogen-bond donors (Lipinski definition) is 1. The molecule has 0 amide bonds. The highest BCUT2D eigenvalue weighted by atomic mass is 15.2. The molecule has 18 heavy (non-hydrogen) atoms. The summed E-state index contributed by atoms with van der Waals surface area (Å²) >= 11 is 0. The Balaban J connectivity index is 3.08. The highest BCUT2D eigenvalue weighted by molar-refractivity contribution is 5.53. The lowest BCUT2D eigenvalue weighted by molar-refractivity contribution is 0.502.